The van der Waals surface area contributed by atoms with Gasteiger partial charge in [0.05, 0.1) is 6.61 Å². The fourth-order valence-electron chi connectivity index (χ4n) is 5.02. The van der Waals surface area contributed by atoms with Gasteiger partial charge in [0.15, 0.2) is 5.78 Å². The van der Waals surface area contributed by atoms with E-state index in [1.165, 1.54) is 12.1 Å². The number of nitrogens with one attached hydrogen (secondary N) is 1. The molecule has 2 heterocycles. The monoisotopic (exact) mass is 498 g/mol. The minimum absolute atomic E-state index is 0. The van der Waals surface area contributed by atoms with Crippen molar-refractivity contribution in [2.24, 2.45) is 5.92 Å². The summed E-state index contributed by atoms with van der Waals surface area (Å²) in [5.41, 5.74) is 3.24. The van der Waals surface area contributed by atoms with Gasteiger partial charge in [-0.15, -0.1) is 12.4 Å². The van der Waals surface area contributed by atoms with E-state index in [1.54, 1.807) is 6.07 Å². The molecule has 0 radical (unpaired) electrons. The number of piperidine rings is 1. The Labute approximate surface area is 210 Å². The number of likely N-dealkylation sites (N-methyl/N-ethyl adjacent to an activating group) is 1. The zero-order valence-electron chi connectivity index (χ0n) is 19.7. The SMILES string of the molecule is CN1C=C(C2=C(c3cc(F)cc(F)c3)c3ccc(OCCC4CCNCC4)cc3C2=O)C=CC1.Cl. The molecule has 2 aromatic carbocycles. The number of halogens is 3. The van der Waals surface area contributed by atoms with Crippen LogP contribution in [0.2, 0.25) is 0 Å². The van der Waals surface area contributed by atoms with Crippen LogP contribution in [0.25, 0.3) is 5.57 Å². The van der Waals surface area contributed by atoms with Crippen LogP contribution in [0.4, 0.5) is 8.78 Å². The average molecular weight is 499 g/mol. The molecule has 5 rings (SSSR count). The molecule has 0 atom stereocenters. The Bertz CT molecular complexity index is 1200. The predicted molar refractivity (Wildman–Crippen MR) is 136 cm³/mol. The van der Waals surface area contributed by atoms with Gasteiger partial charge in [0.1, 0.15) is 17.4 Å². The quantitative estimate of drug-likeness (QED) is 0.568. The van der Waals surface area contributed by atoms with Crippen LogP contribution in [0.5, 0.6) is 5.75 Å². The highest BCUT2D eigenvalue weighted by Crippen LogP contribution is 2.43. The van der Waals surface area contributed by atoms with E-state index in [2.05, 4.69) is 5.32 Å². The van der Waals surface area contributed by atoms with Crippen molar-refractivity contribution in [3.05, 3.63) is 94.2 Å². The zero-order chi connectivity index (χ0) is 23.7. The molecule has 1 fully saturated rings. The molecule has 0 bridgehead atoms. The number of benzene rings is 2. The molecule has 0 unspecified atom stereocenters. The Morgan fingerprint density at radius 3 is 2.49 bits per heavy atom. The molecule has 1 aliphatic carbocycles. The Morgan fingerprint density at radius 2 is 1.77 bits per heavy atom. The Morgan fingerprint density at radius 1 is 1.03 bits per heavy atom. The summed E-state index contributed by atoms with van der Waals surface area (Å²) in [6.45, 7) is 3.43. The van der Waals surface area contributed by atoms with Crippen LogP contribution >= 0.6 is 12.4 Å². The largest absolute Gasteiger partial charge is 0.494 e. The first-order valence-corrected chi connectivity index (χ1v) is 11.8. The van der Waals surface area contributed by atoms with E-state index in [4.69, 9.17) is 4.74 Å². The number of ether oxygens (including phenoxy) is 1. The number of carbonyl (C=O) groups excluding carboxylic acids is 1. The van der Waals surface area contributed by atoms with Gasteiger partial charge in [-0.2, -0.15) is 0 Å². The molecule has 7 heteroatoms. The fraction of sp³-hybridized carbons (Fsp3) is 0.321. The smallest absolute Gasteiger partial charge is 0.195 e. The lowest BCUT2D eigenvalue weighted by atomic mass is 9.93. The number of hydrogen-bond donors (Lipinski definition) is 1. The molecular formula is C28H29ClF2N2O2. The molecule has 2 aliphatic heterocycles. The standard InChI is InChI=1S/C28H28F2N2O2.ClH/c1-32-11-2-3-19(17-32)27-26(20-13-21(29)15-22(30)14-20)24-5-4-23(16-25(24)28(27)33)34-12-8-18-6-9-31-10-7-18;/h2-5,13-18,31H,6-12H2,1H3;1H. The summed E-state index contributed by atoms with van der Waals surface area (Å²) in [7, 11) is 1.92. The minimum Gasteiger partial charge on any atom is -0.494 e. The molecule has 3 aliphatic rings. The summed E-state index contributed by atoms with van der Waals surface area (Å²) in [5.74, 6) is -0.221. The molecule has 0 spiro atoms. The molecule has 0 aromatic heterocycles. The average Bonchev–Trinajstić information content (AvgIpc) is 3.11. The highest BCUT2D eigenvalue weighted by Gasteiger charge is 2.33. The van der Waals surface area contributed by atoms with Gasteiger partial charge < -0.3 is 15.0 Å². The van der Waals surface area contributed by atoms with Gasteiger partial charge in [0, 0.05) is 48.1 Å². The number of fused-ring (bicyclic) bond motifs is 1. The Hall–Kier alpha value is -2.96. The van der Waals surface area contributed by atoms with Crippen LogP contribution in [-0.4, -0.2) is 44.0 Å². The third kappa shape index (κ3) is 5.34. The van der Waals surface area contributed by atoms with Gasteiger partial charge >= 0.3 is 0 Å². The summed E-state index contributed by atoms with van der Waals surface area (Å²) >= 11 is 0. The minimum atomic E-state index is -0.675. The number of Topliss-reactive ketones (excluding diaryl/α,β-unsaturated/α-hetero) is 1. The van der Waals surface area contributed by atoms with Crippen LogP contribution < -0.4 is 10.1 Å². The van der Waals surface area contributed by atoms with Gasteiger partial charge in [-0.1, -0.05) is 12.2 Å². The molecular weight excluding hydrogens is 470 g/mol. The maximum Gasteiger partial charge on any atom is 0.195 e. The van der Waals surface area contributed by atoms with Gasteiger partial charge in [0.2, 0.25) is 0 Å². The van der Waals surface area contributed by atoms with Crippen LogP contribution in [0.3, 0.4) is 0 Å². The second-order valence-corrected chi connectivity index (χ2v) is 9.20. The lowest BCUT2D eigenvalue weighted by molar-refractivity contribution is 0.104. The zero-order valence-corrected chi connectivity index (χ0v) is 20.5. The predicted octanol–water partition coefficient (Wildman–Crippen LogP) is 5.54. The number of ketones is 1. The normalized spacial score (nSPS) is 17.9. The van der Waals surface area contributed by atoms with Gasteiger partial charge in [0.25, 0.3) is 0 Å². The third-order valence-electron chi connectivity index (χ3n) is 6.73. The van der Waals surface area contributed by atoms with Gasteiger partial charge in [-0.05, 0) is 79.7 Å². The summed E-state index contributed by atoms with van der Waals surface area (Å²) in [6, 6.07) is 8.83. The van der Waals surface area contributed by atoms with E-state index in [9.17, 15) is 13.6 Å². The first kappa shape index (κ1) is 25.1. The molecule has 0 saturated carbocycles. The van der Waals surface area contributed by atoms with Gasteiger partial charge in [-0.3, -0.25) is 4.79 Å². The van der Waals surface area contributed by atoms with Crippen molar-refractivity contribution >= 4 is 23.8 Å². The topological polar surface area (TPSA) is 41.6 Å². The second-order valence-electron chi connectivity index (χ2n) is 9.20. The lowest BCUT2D eigenvalue weighted by Crippen LogP contribution is -2.28. The maximum atomic E-state index is 14.1. The second kappa shape index (κ2) is 10.8. The number of rotatable bonds is 6. The van der Waals surface area contributed by atoms with Crippen LogP contribution in [0.1, 0.15) is 40.7 Å². The lowest BCUT2D eigenvalue weighted by Gasteiger charge is -2.22. The number of hydrogen-bond acceptors (Lipinski definition) is 4. The molecule has 1 N–H and O–H groups in total. The Balaban J connectivity index is 0.00000289. The van der Waals surface area contributed by atoms with Crippen molar-refractivity contribution in [3.8, 4) is 5.75 Å². The first-order chi connectivity index (χ1) is 16.5. The number of carbonyl (C=O) groups is 1. The highest BCUT2D eigenvalue weighted by molar-refractivity contribution is 6.25. The van der Waals surface area contributed by atoms with Crippen molar-refractivity contribution in [1.82, 2.24) is 10.2 Å². The molecule has 184 valence electrons. The van der Waals surface area contributed by atoms with Crippen molar-refractivity contribution < 1.29 is 18.3 Å². The number of allylic oxidation sites excluding steroid dienone is 3. The molecule has 0 amide bonds. The summed E-state index contributed by atoms with van der Waals surface area (Å²) in [6.07, 6.45) is 9.05. The molecule has 1 saturated heterocycles. The van der Waals surface area contributed by atoms with Crippen molar-refractivity contribution in [1.29, 1.82) is 0 Å². The van der Waals surface area contributed by atoms with Crippen LogP contribution in [0, 0.1) is 17.6 Å². The Kier molecular flexibility index (Phi) is 7.72. The van der Waals surface area contributed by atoms with Crippen molar-refractivity contribution in [2.75, 3.05) is 33.3 Å². The summed E-state index contributed by atoms with van der Waals surface area (Å²) < 4.78 is 34.3. The first-order valence-electron chi connectivity index (χ1n) is 11.8. The summed E-state index contributed by atoms with van der Waals surface area (Å²) in [5, 5.41) is 3.37. The van der Waals surface area contributed by atoms with E-state index in [0.29, 0.717) is 46.1 Å². The van der Waals surface area contributed by atoms with Crippen molar-refractivity contribution in [3.63, 3.8) is 0 Å². The van der Waals surface area contributed by atoms with E-state index >= 15 is 0 Å². The van der Waals surface area contributed by atoms with Crippen LogP contribution in [0.15, 0.2) is 65.9 Å². The van der Waals surface area contributed by atoms with Crippen molar-refractivity contribution in [2.45, 2.75) is 19.3 Å². The maximum absolute atomic E-state index is 14.1. The fourth-order valence-corrected chi connectivity index (χ4v) is 5.02. The summed E-state index contributed by atoms with van der Waals surface area (Å²) in [4.78, 5) is 15.6. The van der Waals surface area contributed by atoms with Gasteiger partial charge in [-0.25, -0.2) is 8.78 Å². The molecule has 2 aromatic rings. The van der Waals surface area contributed by atoms with E-state index in [1.807, 2.05) is 42.4 Å². The third-order valence-corrected chi connectivity index (χ3v) is 6.73. The highest BCUT2D eigenvalue weighted by atomic mass is 35.5. The molecule has 35 heavy (non-hydrogen) atoms. The number of nitrogens with zero attached hydrogens (tertiary/aromatic N) is 1. The van der Waals surface area contributed by atoms with E-state index in [-0.39, 0.29) is 18.2 Å². The molecule has 4 nitrogen and oxygen atoms in total. The van der Waals surface area contributed by atoms with E-state index < -0.39 is 11.6 Å². The van der Waals surface area contributed by atoms with E-state index in [0.717, 1.165) is 50.5 Å². The van der Waals surface area contributed by atoms with Crippen LogP contribution in [-0.2, 0) is 0 Å².